The van der Waals surface area contributed by atoms with E-state index < -0.39 is 0 Å². The van der Waals surface area contributed by atoms with Crippen molar-refractivity contribution in [2.75, 3.05) is 0 Å². The lowest BCUT2D eigenvalue weighted by Crippen LogP contribution is -2.39. The van der Waals surface area contributed by atoms with Crippen LogP contribution in [0.25, 0.3) is 4.85 Å². The van der Waals surface area contributed by atoms with Gasteiger partial charge < -0.3 is 10.1 Å². The summed E-state index contributed by atoms with van der Waals surface area (Å²) in [4.78, 5) is 23.2. The summed E-state index contributed by atoms with van der Waals surface area (Å²) in [5.41, 5.74) is 0.805. The van der Waals surface area contributed by atoms with E-state index in [0.29, 0.717) is 22.0 Å². The van der Waals surface area contributed by atoms with Crippen LogP contribution in [0.4, 0.5) is 5.69 Å². The molecule has 1 aliphatic rings. The number of nitrogens with zero attached hydrogens (tertiary/aromatic N) is 3. The molecule has 0 bridgehead atoms. The maximum Gasteiger partial charge on any atom is 0.254 e. The van der Waals surface area contributed by atoms with Gasteiger partial charge in [-0.15, -0.1) is 0 Å². The fourth-order valence-electron chi connectivity index (χ4n) is 2.87. The van der Waals surface area contributed by atoms with Crippen LogP contribution in [0.1, 0.15) is 36.0 Å². The van der Waals surface area contributed by atoms with Gasteiger partial charge >= 0.3 is 0 Å². The molecule has 0 radical (unpaired) electrons. The average Bonchev–Trinajstić information content (AvgIpc) is 2.64. The van der Waals surface area contributed by atoms with Crippen LogP contribution < -0.4 is 10.1 Å². The highest BCUT2D eigenvalue weighted by atomic mass is 35.5. The van der Waals surface area contributed by atoms with Crippen LogP contribution in [0.2, 0.25) is 10.3 Å². The molecular weight excluding hydrogens is 375 g/mol. The van der Waals surface area contributed by atoms with Gasteiger partial charge in [0, 0.05) is 18.4 Å². The summed E-state index contributed by atoms with van der Waals surface area (Å²) >= 11 is 11.7. The first-order chi connectivity index (χ1) is 12.5. The SMILES string of the molecule is [C-]#[N+]c1ccc(OC2CCC(NC(=O)c3cnc(Cl)nc3)CC2)cc1Cl. The van der Waals surface area contributed by atoms with Crippen LogP contribution >= 0.6 is 23.2 Å². The standard InChI is InChI=1S/C18H16Cl2N4O2/c1-21-16-7-6-14(8-15(16)19)26-13-4-2-12(3-5-13)24-17(25)11-9-22-18(20)23-10-11/h6-10,12-13H,2-5H2,(H,24,25). The number of aromatic nitrogens is 2. The van der Waals surface area contributed by atoms with E-state index in [9.17, 15) is 4.79 Å². The van der Waals surface area contributed by atoms with Crippen molar-refractivity contribution in [1.82, 2.24) is 15.3 Å². The molecule has 1 heterocycles. The number of nitrogens with one attached hydrogen (secondary N) is 1. The van der Waals surface area contributed by atoms with Gasteiger partial charge in [-0.05, 0) is 49.4 Å². The number of hydrogen-bond acceptors (Lipinski definition) is 4. The zero-order valence-corrected chi connectivity index (χ0v) is 15.3. The average molecular weight is 391 g/mol. The second-order valence-electron chi connectivity index (χ2n) is 6.03. The van der Waals surface area contributed by atoms with Crippen molar-refractivity contribution in [3.05, 3.63) is 57.9 Å². The van der Waals surface area contributed by atoms with Crippen molar-refractivity contribution in [3.8, 4) is 5.75 Å². The van der Waals surface area contributed by atoms with Crippen LogP contribution in [-0.4, -0.2) is 28.0 Å². The number of halogens is 2. The predicted molar refractivity (Wildman–Crippen MR) is 98.9 cm³/mol. The Labute approximate surface area is 161 Å². The van der Waals surface area contributed by atoms with E-state index in [2.05, 4.69) is 20.1 Å². The van der Waals surface area contributed by atoms with Crippen molar-refractivity contribution in [2.24, 2.45) is 0 Å². The molecule has 26 heavy (non-hydrogen) atoms. The van der Waals surface area contributed by atoms with Gasteiger partial charge in [0.2, 0.25) is 11.0 Å². The fraction of sp³-hybridized carbons (Fsp3) is 0.333. The van der Waals surface area contributed by atoms with Crippen LogP contribution in [-0.2, 0) is 0 Å². The zero-order valence-electron chi connectivity index (χ0n) is 13.8. The molecule has 1 saturated carbocycles. The number of amides is 1. The quantitative estimate of drug-likeness (QED) is 0.618. The first-order valence-electron chi connectivity index (χ1n) is 8.17. The molecule has 6 nitrogen and oxygen atoms in total. The minimum atomic E-state index is -0.201. The van der Waals surface area contributed by atoms with Gasteiger partial charge in [0.15, 0.2) is 0 Å². The Hall–Kier alpha value is -2.36. The molecule has 1 aromatic heterocycles. The van der Waals surface area contributed by atoms with Crippen molar-refractivity contribution in [3.63, 3.8) is 0 Å². The van der Waals surface area contributed by atoms with Gasteiger partial charge in [-0.25, -0.2) is 14.8 Å². The monoisotopic (exact) mass is 390 g/mol. The first-order valence-corrected chi connectivity index (χ1v) is 8.93. The van der Waals surface area contributed by atoms with Crippen molar-refractivity contribution < 1.29 is 9.53 Å². The highest BCUT2D eigenvalue weighted by Crippen LogP contribution is 2.31. The molecule has 0 spiro atoms. The number of carbonyl (C=O) groups is 1. The molecule has 8 heteroatoms. The van der Waals surface area contributed by atoms with Gasteiger partial charge in [0.1, 0.15) is 5.75 Å². The van der Waals surface area contributed by atoms with Gasteiger partial charge in [-0.1, -0.05) is 17.7 Å². The Balaban J connectivity index is 1.49. The lowest BCUT2D eigenvalue weighted by atomic mass is 9.92. The Morgan fingerprint density at radius 1 is 1.19 bits per heavy atom. The van der Waals surface area contributed by atoms with Gasteiger partial charge in [-0.3, -0.25) is 4.79 Å². The fourth-order valence-corrected chi connectivity index (χ4v) is 3.18. The lowest BCUT2D eigenvalue weighted by Gasteiger charge is -2.29. The van der Waals surface area contributed by atoms with E-state index in [1.54, 1.807) is 18.2 Å². The minimum absolute atomic E-state index is 0.0666. The molecule has 1 fully saturated rings. The smallest absolute Gasteiger partial charge is 0.254 e. The number of rotatable bonds is 4. The molecule has 1 N–H and O–H groups in total. The van der Waals surface area contributed by atoms with Gasteiger partial charge in [-0.2, -0.15) is 0 Å². The third-order valence-electron chi connectivity index (χ3n) is 4.23. The second kappa shape index (κ2) is 8.35. The van der Waals surface area contributed by atoms with E-state index in [-0.39, 0.29) is 23.3 Å². The second-order valence-corrected chi connectivity index (χ2v) is 6.78. The summed E-state index contributed by atoms with van der Waals surface area (Å²) in [6.07, 6.45) is 6.18. The summed E-state index contributed by atoms with van der Waals surface area (Å²) in [6, 6.07) is 5.17. The molecule has 0 aliphatic heterocycles. The predicted octanol–water partition coefficient (Wildman–Crippen LogP) is 4.45. The summed E-state index contributed by atoms with van der Waals surface area (Å²) in [5.74, 6) is 0.459. The summed E-state index contributed by atoms with van der Waals surface area (Å²) in [6.45, 7) is 7.01. The number of benzene rings is 1. The van der Waals surface area contributed by atoms with Crippen molar-refractivity contribution in [1.29, 1.82) is 0 Å². The molecule has 3 rings (SSSR count). The minimum Gasteiger partial charge on any atom is -0.490 e. The Morgan fingerprint density at radius 2 is 1.88 bits per heavy atom. The Morgan fingerprint density at radius 3 is 2.50 bits per heavy atom. The molecule has 1 aliphatic carbocycles. The molecule has 0 unspecified atom stereocenters. The molecule has 2 aromatic rings. The third kappa shape index (κ3) is 4.63. The van der Waals surface area contributed by atoms with Crippen LogP contribution in [0.5, 0.6) is 5.75 Å². The van der Waals surface area contributed by atoms with E-state index in [0.717, 1.165) is 25.7 Å². The largest absolute Gasteiger partial charge is 0.490 e. The van der Waals surface area contributed by atoms with Crippen molar-refractivity contribution in [2.45, 2.75) is 37.8 Å². The Bertz CT molecular complexity index is 828. The zero-order chi connectivity index (χ0) is 18.5. The van der Waals surface area contributed by atoms with E-state index in [1.807, 2.05) is 0 Å². The molecular formula is C18H16Cl2N4O2. The van der Waals surface area contributed by atoms with Gasteiger partial charge in [0.05, 0.1) is 23.3 Å². The molecule has 1 aromatic carbocycles. The summed E-state index contributed by atoms with van der Waals surface area (Å²) in [7, 11) is 0. The molecule has 1 amide bonds. The normalized spacial score (nSPS) is 19.4. The molecule has 134 valence electrons. The highest BCUT2D eigenvalue weighted by molar-refractivity contribution is 6.33. The molecule has 0 saturated heterocycles. The number of ether oxygens (including phenoxy) is 1. The van der Waals surface area contributed by atoms with Crippen LogP contribution in [0, 0.1) is 6.57 Å². The highest BCUT2D eigenvalue weighted by Gasteiger charge is 2.24. The molecule has 0 atom stereocenters. The summed E-state index contributed by atoms with van der Waals surface area (Å²) in [5, 5.41) is 3.50. The lowest BCUT2D eigenvalue weighted by molar-refractivity contribution is 0.0893. The number of hydrogen-bond donors (Lipinski definition) is 1. The van der Waals surface area contributed by atoms with Crippen LogP contribution in [0.3, 0.4) is 0 Å². The van der Waals surface area contributed by atoms with E-state index in [1.165, 1.54) is 12.4 Å². The summed E-state index contributed by atoms with van der Waals surface area (Å²) < 4.78 is 5.95. The Kier molecular flexibility index (Phi) is 5.92. The van der Waals surface area contributed by atoms with Crippen molar-refractivity contribution >= 4 is 34.8 Å². The van der Waals surface area contributed by atoms with E-state index >= 15 is 0 Å². The third-order valence-corrected chi connectivity index (χ3v) is 4.73. The van der Waals surface area contributed by atoms with E-state index in [4.69, 9.17) is 34.5 Å². The number of carbonyl (C=O) groups excluding carboxylic acids is 1. The van der Waals surface area contributed by atoms with Gasteiger partial charge in [0.25, 0.3) is 5.91 Å². The topological polar surface area (TPSA) is 68.5 Å². The first kappa shape index (κ1) is 18.4. The maximum atomic E-state index is 12.2. The maximum absolute atomic E-state index is 12.2. The van der Waals surface area contributed by atoms with Crippen LogP contribution in [0.15, 0.2) is 30.6 Å².